The van der Waals surface area contributed by atoms with E-state index in [1.165, 1.54) is 32.2 Å². The molecule has 0 rings (SSSR count). The Kier molecular flexibility index (Phi) is 8.04. The maximum atomic E-state index is 9.07. The van der Waals surface area contributed by atoms with Gasteiger partial charge in [-0.15, -0.1) is 0 Å². The number of unbranched alkanes of at least 4 members (excludes halogenated alkanes) is 1. The van der Waals surface area contributed by atoms with E-state index in [4.69, 9.17) is 5.11 Å². The normalized spacial score (nSPS) is 14.4. The molecule has 0 unspecified atom stereocenters. The van der Waals surface area contributed by atoms with E-state index in [2.05, 4.69) is 39.8 Å². The summed E-state index contributed by atoms with van der Waals surface area (Å²) in [7, 11) is 4.25. The minimum atomic E-state index is 0.342. The van der Waals surface area contributed by atoms with Gasteiger partial charge >= 0.3 is 0 Å². The summed E-state index contributed by atoms with van der Waals surface area (Å²) in [6, 6.07) is 0. The molecule has 0 radical (unpaired) electrons. The molecule has 0 bridgehead atoms. The lowest BCUT2D eigenvalue weighted by Crippen LogP contribution is -2.16. The first-order valence-electron chi connectivity index (χ1n) is 6.61. The van der Waals surface area contributed by atoms with Gasteiger partial charge in [0.15, 0.2) is 0 Å². The van der Waals surface area contributed by atoms with Gasteiger partial charge < -0.3 is 10.0 Å². The number of rotatable bonds is 8. The van der Waals surface area contributed by atoms with E-state index in [-0.39, 0.29) is 0 Å². The monoisotopic (exact) mass is 229 g/mol. The van der Waals surface area contributed by atoms with E-state index in [0.29, 0.717) is 17.9 Å². The number of hydrogen-bond donors (Lipinski definition) is 1. The number of hydrogen-bond acceptors (Lipinski definition) is 2. The molecule has 1 N–H and O–H groups in total. The maximum absolute atomic E-state index is 9.07. The number of aliphatic hydroxyl groups excluding tert-OH is 1. The smallest absolute Gasteiger partial charge is 0.0433 e. The predicted molar refractivity (Wildman–Crippen MR) is 71.7 cm³/mol. The molecule has 0 saturated heterocycles. The van der Waals surface area contributed by atoms with Gasteiger partial charge in [0, 0.05) is 6.61 Å². The Morgan fingerprint density at radius 3 is 2.12 bits per heavy atom. The van der Waals surface area contributed by atoms with Crippen LogP contribution in [0.25, 0.3) is 0 Å². The fourth-order valence-corrected chi connectivity index (χ4v) is 2.26. The van der Waals surface area contributed by atoms with Crippen LogP contribution in [0.5, 0.6) is 0 Å². The second-order valence-corrected chi connectivity index (χ2v) is 6.44. The number of aliphatic hydroxyl groups is 1. The highest BCUT2D eigenvalue weighted by atomic mass is 16.3. The summed E-state index contributed by atoms with van der Waals surface area (Å²) in [6.07, 6.45) is 6.04. The lowest BCUT2D eigenvalue weighted by Gasteiger charge is -2.25. The van der Waals surface area contributed by atoms with Crippen LogP contribution in [-0.4, -0.2) is 37.3 Å². The summed E-state index contributed by atoms with van der Waals surface area (Å²) < 4.78 is 0. The summed E-state index contributed by atoms with van der Waals surface area (Å²) in [6.45, 7) is 8.39. The molecule has 0 fully saturated rings. The first-order valence-corrected chi connectivity index (χ1v) is 6.61. The molecule has 16 heavy (non-hydrogen) atoms. The van der Waals surface area contributed by atoms with Gasteiger partial charge in [0.1, 0.15) is 0 Å². The Labute approximate surface area is 102 Å². The van der Waals surface area contributed by atoms with Crippen molar-refractivity contribution in [1.82, 2.24) is 4.90 Å². The highest BCUT2D eigenvalue weighted by molar-refractivity contribution is 4.69. The SMILES string of the molecule is CN(C)CCCC[C@@H](CCO)CC(C)(C)C. The van der Waals surface area contributed by atoms with Crippen LogP contribution in [0, 0.1) is 11.3 Å². The predicted octanol–water partition coefficient (Wildman–Crippen LogP) is 3.15. The molecule has 0 heterocycles. The average Bonchev–Trinajstić information content (AvgIpc) is 2.09. The molecule has 0 spiro atoms. The van der Waals surface area contributed by atoms with E-state index >= 15 is 0 Å². The Morgan fingerprint density at radius 1 is 1.06 bits per heavy atom. The van der Waals surface area contributed by atoms with Gasteiger partial charge in [-0.2, -0.15) is 0 Å². The third-order valence-corrected chi connectivity index (χ3v) is 2.91. The van der Waals surface area contributed by atoms with E-state index in [9.17, 15) is 0 Å². The summed E-state index contributed by atoms with van der Waals surface area (Å²) in [5.41, 5.74) is 0.390. The zero-order chi connectivity index (χ0) is 12.6. The fourth-order valence-electron chi connectivity index (χ4n) is 2.26. The van der Waals surface area contributed by atoms with Gasteiger partial charge in [-0.3, -0.25) is 0 Å². The third-order valence-electron chi connectivity index (χ3n) is 2.91. The molecule has 0 amide bonds. The van der Waals surface area contributed by atoms with Crippen molar-refractivity contribution in [3.05, 3.63) is 0 Å². The molecule has 98 valence electrons. The van der Waals surface area contributed by atoms with E-state index in [0.717, 1.165) is 6.42 Å². The molecule has 0 aliphatic carbocycles. The summed E-state index contributed by atoms with van der Waals surface area (Å²) in [5.74, 6) is 0.701. The second kappa shape index (κ2) is 8.08. The highest BCUT2D eigenvalue weighted by Crippen LogP contribution is 2.29. The molecule has 0 aromatic heterocycles. The molecule has 2 heteroatoms. The molecular formula is C14H31NO. The van der Waals surface area contributed by atoms with E-state index < -0.39 is 0 Å². The van der Waals surface area contributed by atoms with Gasteiger partial charge in [0.2, 0.25) is 0 Å². The fraction of sp³-hybridized carbons (Fsp3) is 1.00. The summed E-state index contributed by atoms with van der Waals surface area (Å²) in [4.78, 5) is 2.24. The van der Waals surface area contributed by atoms with Crippen LogP contribution in [0.1, 0.15) is 52.9 Å². The minimum Gasteiger partial charge on any atom is -0.396 e. The lowest BCUT2D eigenvalue weighted by atomic mass is 9.81. The van der Waals surface area contributed by atoms with Crippen LogP contribution in [0.2, 0.25) is 0 Å². The topological polar surface area (TPSA) is 23.5 Å². The Hall–Kier alpha value is -0.0800. The van der Waals surface area contributed by atoms with Crippen molar-refractivity contribution in [2.45, 2.75) is 52.9 Å². The van der Waals surface area contributed by atoms with Crippen molar-refractivity contribution in [3.63, 3.8) is 0 Å². The Bertz CT molecular complexity index is 161. The van der Waals surface area contributed by atoms with Crippen LogP contribution < -0.4 is 0 Å². The third kappa shape index (κ3) is 10.4. The molecule has 0 aliphatic heterocycles. The molecular weight excluding hydrogens is 198 g/mol. The Morgan fingerprint density at radius 2 is 1.69 bits per heavy atom. The van der Waals surface area contributed by atoms with Gasteiger partial charge in [-0.25, -0.2) is 0 Å². The van der Waals surface area contributed by atoms with Gasteiger partial charge in [-0.1, -0.05) is 33.6 Å². The van der Waals surface area contributed by atoms with E-state index in [1.54, 1.807) is 0 Å². The van der Waals surface area contributed by atoms with Crippen molar-refractivity contribution in [2.24, 2.45) is 11.3 Å². The summed E-state index contributed by atoms with van der Waals surface area (Å²) in [5, 5.41) is 9.07. The second-order valence-electron chi connectivity index (χ2n) is 6.44. The molecule has 0 aromatic carbocycles. The van der Waals surface area contributed by atoms with Crippen LogP contribution in [0.4, 0.5) is 0 Å². The molecule has 2 nitrogen and oxygen atoms in total. The lowest BCUT2D eigenvalue weighted by molar-refractivity contribution is 0.206. The first-order chi connectivity index (χ1) is 7.35. The van der Waals surface area contributed by atoms with Gasteiger partial charge in [-0.05, 0) is 51.2 Å². The average molecular weight is 229 g/mol. The van der Waals surface area contributed by atoms with Crippen LogP contribution >= 0.6 is 0 Å². The van der Waals surface area contributed by atoms with Gasteiger partial charge in [0.25, 0.3) is 0 Å². The van der Waals surface area contributed by atoms with Crippen molar-refractivity contribution in [2.75, 3.05) is 27.2 Å². The zero-order valence-electron chi connectivity index (χ0n) is 11.9. The van der Waals surface area contributed by atoms with Gasteiger partial charge in [0.05, 0.1) is 0 Å². The summed E-state index contributed by atoms with van der Waals surface area (Å²) >= 11 is 0. The van der Waals surface area contributed by atoms with Crippen LogP contribution in [0.15, 0.2) is 0 Å². The Balaban J connectivity index is 3.76. The standard InChI is InChI=1S/C14H31NO/c1-14(2,3)12-13(9-11-16)8-6-7-10-15(4)5/h13,16H,6-12H2,1-5H3/t13-/m0/s1. The van der Waals surface area contributed by atoms with Crippen LogP contribution in [-0.2, 0) is 0 Å². The van der Waals surface area contributed by atoms with Crippen molar-refractivity contribution >= 4 is 0 Å². The molecule has 1 atom stereocenters. The van der Waals surface area contributed by atoms with Crippen molar-refractivity contribution < 1.29 is 5.11 Å². The highest BCUT2D eigenvalue weighted by Gasteiger charge is 2.17. The zero-order valence-corrected chi connectivity index (χ0v) is 11.9. The largest absolute Gasteiger partial charge is 0.396 e. The molecule has 0 aromatic rings. The minimum absolute atomic E-state index is 0.342. The molecule has 0 aliphatic rings. The van der Waals surface area contributed by atoms with Crippen LogP contribution in [0.3, 0.4) is 0 Å². The maximum Gasteiger partial charge on any atom is 0.0433 e. The quantitative estimate of drug-likeness (QED) is 0.646. The molecule has 0 saturated carbocycles. The number of nitrogens with zero attached hydrogens (tertiary/aromatic N) is 1. The van der Waals surface area contributed by atoms with Crippen molar-refractivity contribution in [3.8, 4) is 0 Å². The van der Waals surface area contributed by atoms with Crippen molar-refractivity contribution in [1.29, 1.82) is 0 Å². The first kappa shape index (κ1) is 15.9. The van der Waals surface area contributed by atoms with E-state index in [1.807, 2.05) is 0 Å².